The van der Waals surface area contributed by atoms with Crippen molar-refractivity contribution in [2.75, 3.05) is 7.11 Å². The van der Waals surface area contributed by atoms with Crippen LogP contribution in [-0.4, -0.2) is 17.6 Å². The van der Waals surface area contributed by atoms with Crippen LogP contribution in [0.2, 0.25) is 0 Å². The molecule has 4 nitrogen and oxygen atoms in total. The molecule has 0 bridgehead atoms. The molecule has 3 rings (SSSR count). The minimum absolute atomic E-state index is 0.0485. The van der Waals surface area contributed by atoms with E-state index in [1.807, 2.05) is 19.1 Å². The summed E-state index contributed by atoms with van der Waals surface area (Å²) in [4.78, 5) is 19.5. The molecule has 1 fully saturated rings. The SMILES string of the molecule is COc1ccc(C(=O)/N=c2\sc(C(C)(C)C)c(C)n2CC2CC2)c(C)c1. The van der Waals surface area contributed by atoms with Gasteiger partial charge in [-0.2, -0.15) is 4.99 Å². The highest BCUT2D eigenvalue weighted by Gasteiger charge is 2.27. The maximum absolute atomic E-state index is 12.8. The van der Waals surface area contributed by atoms with Gasteiger partial charge in [0.2, 0.25) is 0 Å². The van der Waals surface area contributed by atoms with Crippen LogP contribution >= 0.6 is 11.3 Å². The molecule has 26 heavy (non-hydrogen) atoms. The van der Waals surface area contributed by atoms with Crippen LogP contribution in [0.4, 0.5) is 0 Å². The molecule has 1 amide bonds. The van der Waals surface area contributed by atoms with Crippen LogP contribution in [0.25, 0.3) is 0 Å². The van der Waals surface area contributed by atoms with E-state index in [4.69, 9.17) is 4.74 Å². The van der Waals surface area contributed by atoms with Crippen LogP contribution in [0.1, 0.15) is 60.1 Å². The number of rotatable bonds is 4. The quantitative estimate of drug-likeness (QED) is 0.786. The molecule has 2 aromatic rings. The average Bonchev–Trinajstić information content (AvgIpc) is 3.33. The molecule has 0 unspecified atom stereocenters. The fraction of sp³-hybridized carbons (Fsp3) is 0.524. The number of carbonyl (C=O) groups is 1. The van der Waals surface area contributed by atoms with Crippen LogP contribution in [0.3, 0.4) is 0 Å². The predicted octanol–water partition coefficient (Wildman–Crippen LogP) is 4.62. The molecular weight excluding hydrogens is 344 g/mol. The summed E-state index contributed by atoms with van der Waals surface area (Å²) < 4.78 is 7.48. The van der Waals surface area contributed by atoms with Crippen molar-refractivity contribution in [2.45, 2.75) is 59.4 Å². The van der Waals surface area contributed by atoms with Gasteiger partial charge in [-0.1, -0.05) is 20.8 Å². The number of hydrogen-bond acceptors (Lipinski definition) is 3. The number of carbonyl (C=O) groups excluding carboxylic acids is 1. The predicted molar refractivity (Wildman–Crippen MR) is 106 cm³/mol. The molecule has 1 aromatic carbocycles. The number of amides is 1. The van der Waals surface area contributed by atoms with E-state index in [1.54, 1.807) is 24.5 Å². The Morgan fingerprint density at radius 1 is 1.31 bits per heavy atom. The van der Waals surface area contributed by atoms with Gasteiger partial charge in [-0.05, 0) is 61.8 Å². The molecular formula is C21H28N2O2S. The minimum atomic E-state index is -0.184. The molecule has 5 heteroatoms. The Bertz CT molecular complexity index is 896. The van der Waals surface area contributed by atoms with Crippen LogP contribution < -0.4 is 9.54 Å². The molecule has 0 radical (unpaired) electrons. The summed E-state index contributed by atoms with van der Waals surface area (Å²) in [6.45, 7) is 11.7. The molecule has 0 spiro atoms. The molecule has 1 aromatic heterocycles. The lowest BCUT2D eigenvalue weighted by Gasteiger charge is -2.17. The summed E-state index contributed by atoms with van der Waals surface area (Å²) in [6, 6.07) is 5.49. The Labute approximate surface area is 159 Å². The topological polar surface area (TPSA) is 43.6 Å². The molecule has 1 saturated carbocycles. The van der Waals surface area contributed by atoms with Gasteiger partial charge in [-0.15, -0.1) is 11.3 Å². The zero-order valence-corrected chi connectivity index (χ0v) is 17.4. The van der Waals surface area contributed by atoms with Crippen molar-refractivity contribution in [3.63, 3.8) is 0 Å². The van der Waals surface area contributed by atoms with Gasteiger partial charge in [0.05, 0.1) is 7.11 Å². The second kappa shape index (κ2) is 7.03. The van der Waals surface area contributed by atoms with Crippen molar-refractivity contribution >= 4 is 17.2 Å². The molecule has 0 saturated heterocycles. The second-order valence-corrected chi connectivity index (χ2v) is 9.18. The fourth-order valence-corrected chi connectivity index (χ4v) is 4.39. The Balaban J connectivity index is 2.05. The van der Waals surface area contributed by atoms with Crippen molar-refractivity contribution in [1.29, 1.82) is 0 Å². The maximum atomic E-state index is 12.8. The van der Waals surface area contributed by atoms with Crippen LogP contribution in [0.5, 0.6) is 5.75 Å². The Morgan fingerprint density at radius 2 is 2.00 bits per heavy atom. The first kappa shape index (κ1) is 18.9. The van der Waals surface area contributed by atoms with E-state index in [0.29, 0.717) is 5.56 Å². The summed E-state index contributed by atoms with van der Waals surface area (Å²) in [6.07, 6.45) is 2.55. The number of benzene rings is 1. The fourth-order valence-electron chi connectivity index (χ4n) is 3.19. The first-order valence-corrected chi connectivity index (χ1v) is 9.96. The minimum Gasteiger partial charge on any atom is -0.497 e. The van der Waals surface area contributed by atoms with E-state index in [9.17, 15) is 4.79 Å². The van der Waals surface area contributed by atoms with Crippen molar-refractivity contribution in [3.8, 4) is 5.75 Å². The smallest absolute Gasteiger partial charge is 0.279 e. The Kier molecular flexibility index (Phi) is 5.11. The lowest BCUT2D eigenvalue weighted by atomic mass is 9.93. The molecule has 140 valence electrons. The first-order valence-electron chi connectivity index (χ1n) is 9.15. The van der Waals surface area contributed by atoms with E-state index in [0.717, 1.165) is 28.6 Å². The highest BCUT2D eigenvalue weighted by atomic mass is 32.1. The summed E-state index contributed by atoms with van der Waals surface area (Å²) >= 11 is 1.65. The summed E-state index contributed by atoms with van der Waals surface area (Å²) in [7, 11) is 1.63. The van der Waals surface area contributed by atoms with Gasteiger partial charge < -0.3 is 9.30 Å². The number of ether oxygens (including phenoxy) is 1. The number of aromatic nitrogens is 1. The van der Waals surface area contributed by atoms with Gasteiger partial charge in [-0.25, -0.2) is 0 Å². The van der Waals surface area contributed by atoms with Crippen molar-refractivity contribution < 1.29 is 9.53 Å². The normalized spacial score (nSPS) is 15.4. The Morgan fingerprint density at radius 3 is 2.54 bits per heavy atom. The molecule has 0 N–H and O–H groups in total. The maximum Gasteiger partial charge on any atom is 0.279 e. The highest BCUT2D eigenvalue weighted by molar-refractivity contribution is 7.09. The Hall–Kier alpha value is -1.88. The third kappa shape index (κ3) is 3.93. The van der Waals surface area contributed by atoms with Gasteiger partial charge >= 0.3 is 0 Å². The van der Waals surface area contributed by atoms with Crippen molar-refractivity contribution in [3.05, 3.63) is 44.7 Å². The third-order valence-corrected chi connectivity index (χ3v) is 6.44. The van der Waals surface area contributed by atoms with Gasteiger partial charge in [0.25, 0.3) is 5.91 Å². The van der Waals surface area contributed by atoms with E-state index >= 15 is 0 Å². The van der Waals surface area contributed by atoms with E-state index < -0.39 is 0 Å². The van der Waals surface area contributed by atoms with E-state index in [2.05, 4.69) is 37.3 Å². The molecule has 1 aliphatic rings. The lowest BCUT2D eigenvalue weighted by Crippen LogP contribution is -2.20. The number of methoxy groups -OCH3 is 1. The second-order valence-electron chi connectivity index (χ2n) is 8.20. The van der Waals surface area contributed by atoms with Crippen LogP contribution in [0, 0.1) is 19.8 Å². The number of aryl methyl sites for hydroxylation is 1. The molecule has 0 aliphatic heterocycles. The third-order valence-electron chi connectivity index (χ3n) is 4.84. The highest BCUT2D eigenvalue weighted by Crippen LogP contribution is 2.33. The summed E-state index contributed by atoms with van der Waals surface area (Å²) in [5, 5.41) is 0. The first-order chi connectivity index (χ1) is 12.2. The van der Waals surface area contributed by atoms with E-state index in [1.165, 1.54) is 23.4 Å². The lowest BCUT2D eigenvalue weighted by molar-refractivity contribution is 0.0997. The van der Waals surface area contributed by atoms with Gasteiger partial charge in [0.1, 0.15) is 5.75 Å². The average molecular weight is 373 g/mol. The summed E-state index contributed by atoms with van der Waals surface area (Å²) in [5.74, 6) is 1.30. The van der Waals surface area contributed by atoms with Crippen LogP contribution in [-0.2, 0) is 12.0 Å². The molecule has 1 heterocycles. The van der Waals surface area contributed by atoms with Crippen molar-refractivity contribution in [2.24, 2.45) is 10.9 Å². The zero-order valence-electron chi connectivity index (χ0n) is 16.5. The van der Waals surface area contributed by atoms with Gasteiger partial charge in [0, 0.05) is 22.7 Å². The van der Waals surface area contributed by atoms with Crippen LogP contribution in [0.15, 0.2) is 23.2 Å². The zero-order chi connectivity index (χ0) is 19.1. The largest absolute Gasteiger partial charge is 0.497 e. The number of hydrogen-bond donors (Lipinski definition) is 0. The number of nitrogens with zero attached hydrogens (tertiary/aromatic N) is 2. The summed E-state index contributed by atoms with van der Waals surface area (Å²) in [5.41, 5.74) is 2.81. The molecule has 0 atom stereocenters. The van der Waals surface area contributed by atoms with Crippen molar-refractivity contribution in [1.82, 2.24) is 4.57 Å². The monoisotopic (exact) mass is 372 g/mol. The van der Waals surface area contributed by atoms with Gasteiger partial charge in [-0.3, -0.25) is 4.79 Å². The van der Waals surface area contributed by atoms with E-state index in [-0.39, 0.29) is 11.3 Å². The van der Waals surface area contributed by atoms with Gasteiger partial charge in [0.15, 0.2) is 4.80 Å². The molecule has 1 aliphatic carbocycles. The number of thiazole rings is 1. The standard InChI is InChI=1S/C21H28N2O2S/c1-13-11-16(25-6)9-10-17(13)19(24)22-20-23(12-15-7-8-15)14(2)18(26-20)21(3,4)5/h9-11,15H,7-8,12H2,1-6H3/b22-20-.